The Bertz CT molecular complexity index is 646. The van der Waals surface area contributed by atoms with E-state index in [1.165, 1.54) is 38.5 Å². The molecule has 0 fully saturated rings. The molecule has 0 aliphatic rings. The molecule has 0 unspecified atom stereocenters. The number of rotatable bonds is 12. The summed E-state index contributed by atoms with van der Waals surface area (Å²) in [5, 5.41) is 19.1. The SMILES string of the molecule is CCCCCCCCCCOC(=O)C(c1ccc(O)cc1)c1ccc(O)cc1. The molecule has 2 N–H and O–H groups in total. The third-order valence-corrected chi connectivity index (χ3v) is 4.93. The Balaban J connectivity index is 1.88. The Kier molecular flexibility index (Phi) is 9.40. The lowest BCUT2D eigenvalue weighted by atomic mass is 9.91. The zero-order valence-corrected chi connectivity index (χ0v) is 16.8. The summed E-state index contributed by atoms with van der Waals surface area (Å²) in [4.78, 5) is 12.8. The molecule has 4 heteroatoms. The number of aromatic hydroxyl groups is 2. The molecule has 0 bridgehead atoms. The first-order chi connectivity index (χ1) is 13.6. The van der Waals surface area contributed by atoms with Crippen LogP contribution in [0.25, 0.3) is 0 Å². The van der Waals surface area contributed by atoms with Gasteiger partial charge in [-0.3, -0.25) is 4.79 Å². The number of ether oxygens (including phenoxy) is 1. The normalized spacial score (nSPS) is 10.9. The molecule has 0 heterocycles. The molecule has 28 heavy (non-hydrogen) atoms. The van der Waals surface area contributed by atoms with Crippen LogP contribution in [0.3, 0.4) is 0 Å². The first kappa shape index (κ1) is 21.8. The van der Waals surface area contributed by atoms with Gasteiger partial charge in [-0.15, -0.1) is 0 Å². The van der Waals surface area contributed by atoms with E-state index in [9.17, 15) is 15.0 Å². The maximum atomic E-state index is 12.8. The lowest BCUT2D eigenvalue weighted by Crippen LogP contribution is -2.18. The van der Waals surface area contributed by atoms with E-state index in [2.05, 4.69) is 6.92 Å². The van der Waals surface area contributed by atoms with Gasteiger partial charge in [-0.05, 0) is 41.8 Å². The summed E-state index contributed by atoms with van der Waals surface area (Å²) in [6.07, 6.45) is 9.55. The van der Waals surface area contributed by atoms with E-state index in [1.54, 1.807) is 48.5 Å². The van der Waals surface area contributed by atoms with Crippen LogP contribution in [0.15, 0.2) is 48.5 Å². The smallest absolute Gasteiger partial charge is 0.317 e. The predicted octanol–water partition coefficient (Wildman–Crippen LogP) is 5.91. The zero-order valence-electron chi connectivity index (χ0n) is 16.8. The van der Waals surface area contributed by atoms with E-state index < -0.39 is 5.92 Å². The maximum absolute atomic E-state index is 12.8. The highest BCUT2D eigenvalue weighted by Gasteiger charge is 2.24. The summed E-state index contributed by atoms with van der Waals surface area (Å²) in [6, 6.07) is 13.2. The molecule has 0 saturated heterocycles. The molecule has 2 rings (SSSR count). The first-order valence-electron chi connectivity index (χ1n) is 10.4. The van der Waals surface area contributed by atoms with Gasteiger partial charge in [-0.1, -0.05) is 76.1 Å². The van der Waals surface area contributed by atoms with Crippen LogP contribution in [0.2, 0.25) is 0 Å². The van der Waals surface area contributed by atoms with E-state index in [0.29, 0.717) is 6.61 Å². The van der Waals surface area contributed by atoms with E-state index in [4.69, 9.17) is 4.74 Å². The van der Waals surface area contributed by atoms with Crippen molar-refractivity contribution < 1.29 is 19.7 Å². The van der Waals surface area contributed by atoms with Crippen molar-refractivity contribution in [1.29, 1.82) is 0 Å². The highest BCUT2D eigenvalue weighted by atomic mass is 16.5. The van der Waals surface area contributed by atoms with E-state index in [1.807, 2.05) is 0 Å². The molecule has 0 saturated carbocycles. The van der Waals surface area contributed by atoms with Crippen molar-refractivity contribution in [2.24, 2.45) is 0 Å². The molecule has 2 aromatic rings. The molecule has 0 aliphatic heterocycles. The van der Waals surface area contributed by atoms with Crippen molar-refractivity contribution in [2.75, 3.05) is 6.61 Å². The Morgan fingerprint density at radius 1 is 0.750 bits per heavy atom. The van der Waals surface area contributed by atoms with Crippen LogP contribution in [0, 0.1) is 0 Å². The van der Waals surface area contributed by atoms with Gasteiger partial charge in [0.25, 0.3) is 0 Å². The average Bonchev–Trinajstić information content (AvgIpc) is 2.70. The predicted molar refractivity (Wildman–Crippen MR) is 112 cm³/mol. The van der Waals surface area contributed by atoms with Gasteiger partial charge in [0.05, 0.1) is 6.61 Å². The summed E-state index contributed by atoms with van der Waals surface area (Å²) in [5.41, 5.74) is 1.51. The number of esters is 1. The van der Waals surface area contributed by atoms with Crippen LogP contribution in [-0.2, 0) is 9.53 Å². The van der Waals surface area contributed by atoms with Crippen LogP contribution in [0.1, 0.15) is 75.3 Å². The van der Waals surface area contributed by atoms with Crippen LogP contribution >= 0.6 is 0 Å². The van der Waals surface area contributed by atoms with Crippen molar-refractivity contribution >= 4 is 5.97 Å². The molecule has 152 valence electrons. The minimum Gasteiger partial charge on any atom is -0.508 e. The fraction of sp³-hybridized carbons (Fsp3) is 0.458. The van der Waals surface area contributed by atoms with E-state index in [0.717, 1.165) is 24.0 Å². The number of phenols is 2. The maximum Gasteiger partial charge on any atom is 0.317 e. The zero-order chi connectivity index (χ0) is 20.2. The number of hydrogen-bond acceptors (Lipinski definition) is 4. The number of benzene rings is 2. The van der Waals surface area contributed by atoms with Crippen LogP contribution in [0.4, 0.5) is 0 Å². The lowest BCUT2D eigenvalue weighted by Gasteiger charge is -2.17. The molecular formula is C24H32O4. The standard InChI is InChI=1S/C24H32O4/c1-2-3-4-5-6-7-8-9-18-28-24(27)23(19-10-14-21(25)15-11-19)20-12-16-22(26)17-13-20/h10-17,23,25-26H,2-9,18H2,1H3. The van der Waals surface area contributed by atoms with Crippen molar-refractivity contribution in [3.63, 3.8) is 0 Å². The summed E-state index contributed by atoms with van der Waals surface area (Å²) in [7, 11) is 0. The Morgan fingerprint density at radius 2 is 1.18 bits per heavy atom. The number of carbonyl (C=O) groups excluding carboxylic acids is 1. The van der Waals surface area contributed by atoms with Crippen LogP contribution in [0.5, 0.6) is 11.5 Å². The second-order valence-electron chi connectivity index (χ2n) is 7.26. The lowest BCUT2D eigenvalue weighted by molar-refractivity contribution is -0.144. The van der Waals surface area contributed by atoms with E-state index in [-0.39, 0.29) is 17.5 Å². The fourth-order valence-corrected chi connectivity index (χ4v) is 3.29. The van der Waals surface area contributed by atoms with Gasteiger partial charge < -0.3 is 14.9 Å². The van der Waals surface area contributed by atoms with Gasteiger partial charge in [0.2, 0.25) is 0 Å². The van der Waals surface area contributed by atoms with Gasteiger partial charge >= 0.3 is 5.97 Å². The minimum absolute atomic E-state index is 0.153. The van der Waals surface area contributed by atoms with Crippen molar-refractivity contribution in [3.05, 3.63) is 59.7 Å². The first-order valence-corrected chi connectivity index (χ1v) is 10.4. The average molecular weight is 385 g/mol. The van der Waals surface area contributed by atoms with E-state index >= 15 is 0 Å². The molecular weight excluding hydrogens is 352 g/mol. The van der Waals surface area contributed by atoms with Gasteiger partial charge in [-0.25, -0.2) is 0 Å². The number of phenolic OH excluding ortho intramolecular Hbond substituents is 2. The summed E-state index contributed by atoms with van der Waals surface area (Å²) < 4.78 is 5.55. The minimum atomic E-state index is -0.574. The molecule has 0 spiro atoms. The van der Waals surface area contributed by atoms with Crippen LogP contribution in [-0.4, -0.2) is 22.8 Å². The van der Waals surface area contributed by atoms with Gasteiger partial charge in [0, 0.05) is 0 Å². The fourth-order valence-electron chi connectivity index (χ4n) is 3.29. The quantitative estimate of drug-likeness (QED) is 0.352. The Hall–Kier alpha value is -2.49. The third kappa shape index (κ3) is 7.26. The largest absolute Gasteiger partial charge is 0.508 e. The molecule has 0 atom stereocenters. The van der Waals surface area contributed by atoms with Gasteiger partial charge in [0.1, 0.15) is 17.4 Å². The number of hydrogen-bond donors (Lipinski definition) is 2. The monoisotopic (exact) mass is 384 g/mol. The second-order valence-corrected chi connectivity index (χ2v) is 7.26. The highest BCUT2D eigenvalue weighted by Crippen LogP contribution is 2.29. The second kappa shape index (κ2) is 12.1. The molecule has 0 aromatic heterocycles. The topological polar surface area (TPSA) is 66.8 Å². The van der Waals surface area contributed by atoms with Crippen molar-refractivity contribution in [3.8, 4) is 11.5 Å². The summed E-state index contributed by atoms with van der Waals surface area (Å²) >= 11 is 0. The molecule has 0 radical (unpaired) electrons. The van der Waals surface area contributed by atoms with Crippen LogP contribution < -0.4 is 0 Å². The van der Waals surface area contributed by atoms with Gasteiger partial charge in [-0.2, -0.15) is 0 Å². The highest BCUT2D eigenvalue weighted by molar-refractivity contribution is 5.82. The number of carbonyl (C=O) groups is 1. The van der Waals surface area contributed by atoms with Gasteiger partial charge in [0.15, 0.2) is 0 Å². The molecule has 0 aliphatic carbocycles. The summed E-state index contributed by atoms with van der Waals surface area (Å²) in [5.74, 6) is -0.574. The Labute approximate surface area is 168 Å². The molecule has 2 aromatic carbocycles. The van der Waals surface area contributed by atoms with Crippen molar-refractivity contribution in [1.82, 2.24) is 0 Å². The summed E-state index contributed by atoms with van der Waals surface area (Å²) in [6.45, 7) is 2.64. The number of unbranched alkanes of at least 4 members (excludes halogenated alkanes) is 7. The third-order valence-electron chi connectivity index (χ3n) is 4.93. The van der Waals surface area contributed by atoms with Crippen molar-refractivity contribution in [2.45, 2.75) is 64.2 Å². The molecule has 0 amide bonds. The molecule has 4 nitrogen and oxygen atoms in total. The Morgan fingerprint density at radius 3 is 1.64 bits per heavy atom.